The fraction of sp³-hybridized carbons (Fsp3) is 0. The van der Waals surface area contributed by atoms with E-state index in [0.717, 1.165) is 0 Å². The molecule has 0 fully saturated rings. The van der Waals surface area contributed by atoms with Crippen molar-refractivity contribution in [2.45, 2.75) is 0 Å². The maximum Gasteiger partial charge on any atom is 0.396 e. The van der Waals surface area contributed by atoms with Crippen molar-refractivity contribution in [2.24, 2.45) is 0 Å². The second-order valence-electron chi connectivity index (χ2n) is 0.700. The van der Waals surface area contributed by atoms with Crippen LogP contribution in [0.2, 0.25) is 0 Å². The fourth-order valence-electron chi connectivity index (χ4n) is 0.0687. The molecule has 0 unspecified atom stereocenters. The summed E-state index contributed by atoms with van der Waals surface area (Å²) in [4.78, 5) is 15.9. The summed E-state index contributed by atoms with van der Waals surface area (Å²) in [6.07, 6.45) is 4.54. The van der Waals surface area contributed by atoms with Crippen molar-refractivity contribution in [1.29, 1.82) is 0 Å². The topological polar surface area (TPSA) is 57.5 Å². The molecule has 2 N–H and O–H groups in total. The third kappa shape index (κ3) is 6.06. The van der Waals surface area contributed by atoms with Crippen molar-refractivity contribution in [1.82, 2.24) is 0 Å². The van der Waals surface area contributed by atoms with Crippen LogP contribution in [0.1, 0.15) is 0 Å². The Labute approximate surface area is 45.0 Å². The van der Waals surface area contributed by atoms with Gasteiger partial charge in [-0.15, -0.1) is 6.42 Å². The molecule has 0 atom stereocenters. The van der Waals surface area contributed by atoms with Gasteiger partial charge in [0, 0.05) is 11.4 Å². The lowest BCUT2D eigenvalue weighted by atomic mass is 11.4. The summed E-state index contributed by atoms with van der Waals surface area (Å²) in [6, 6.07) is 0. The largest absolute Gasteiger partial charge is 0.396 e. The Morgan fingerprint density at radius 2 is 2.14 bits per heavy atom. The Morgan fingerprint density at radius 3 is 2.14 bits per heavy atom. The van der Waals surface area contributed by atoms with E-state index in [1.54, 1.807) is 5.25 Å². The standard InChI is InChI=1S/C2H3O3PS/c1-2-7-6(3,4)5/h1H,(H2,3,4,5). The smallest absolute Gasteiger partial charge is 0.316 e. The predicted octanol–water partition coefficient (Wildman–Crippen LogP) is 0.403. The molecule has 3 nitrogen and oxygen atoms in total. The van der Waals surface area contributed by atoms with Gasteiger partial charge in [0.05, 0.1) is 0 Å². The minimum Gasteiger partial charge on any atom is -0.316 e. The van der Waals surface area contributed by atoms with E-state index >= 15 is 0 Å². The highest BCUT2D eigenvalue weighted by Crippen LogP contribution is 2.49. The van der Waals surface area contributed by atoms with Crippen LogP contribution in [0.25, 0.3) is 0 Å². The van der Waals surface area contributed by atoms with Crippen LogP contribution in [0.5, 0.6) is 0 Å². The molecule has 0 spiro atoms. The van der Waals surface area contributed by atoms with Gasteiger partial charge >= 0.3 is 6.80 Å². The van der Waals surface area contributed by atoms with Gasteiger partial charge in [0.1, 0.15) is 0 Å². The molecule has 40 valence electrons. The molecule has 0 aromatic carbocycles. The summed E-state index contributed by atoms with van der Waals surface area (Å²) in [5.41, 5.74) is 0. The van der Waals surface area contributed by atoms with E-state index in [1.165, 1.54) is 0 Å². The van der Waals surface area contributed by atoms with Crippen LogP contribution in [0.3, 0.4) is 0 Å². The SMILES string of the molecule is C#CSP(=O)(O)O. The summed E-state index contributed by atoms with van der Waals surface area (Å²) in [7, 11) is 0. The van der Waals surface area contributed by atoms with Gasteiger partial charge in [0.25, 0.3) is 0 Å². The zero-order valence-corrected chi connectivity index (χ0v) is 4.95. The summed E-state index contributed by atoms with van der Waals surface area (Å²) < 4.78 is 9.75. The summed E-state index contributed by atoms with van der Waals surface area (Å²) >= 11 is 0.183. The molecule has 0 aliphatic carbocycles. The van der Waals surface area contributed by atoms with Crippen LogP contribution in [0.15, 0.2) is 0 Å². The zero-order chi connectivity index (χ0) is 5.91. The van der Waals surface area contributed by atoms with Crippen LogP contribution in [-0.4, -0.2) is 9.79 Å². The molecular weight excluding hydrogens is 135 g/mol. The molecule has 0 saturated carbocycles. The zero-order valence-electron chi connectivity index (χ0n) is 3.24. The molecule has 0 aromatic heterocycles. The summed E-state index contributed by atoms with van der Waals surface area (Å²) in [5.74, 6) is 0. The van der Waals surface area contributed by atoms with E-state index in [2.05, 4.69) is 6.42 Å². The molecule has 0 saturated heterocycles. The van der Waals surface area contributed by atoms with Crippen molar-refractivity contribution < 1.29 is 14.4 Å². The maximum atomic E-state index is 9.75. The lowest BCUT2D eigenvalue weighted by molar-refractivity contribution is 0.397. The van der Waals surface area contributed by atoms with E-state index in [1.807, 2.05) is 0 Å². The monoisotopic (exact) mass is 138 g/mol. The third-order valence-corrected chi connectivity index (χ3v) is 1.54. The Balaban J connectivity index is 3.65. The average molecular weight is 138 g/mol. The predicted molar refractivity (Wildman–Crippen MR) is 28.5 cm³/mol. The molecule has 0 bridgehead atoms. The van der Waals surface area contributed by atoms with Crippen LogP contribution in [0.4, 0.5) is 0 Å². The molecule has 0 heterocycles. The minimum absolute atomic E-state index is 0.183. The first-order valence-electron chi connectivity index (χ1n) is 1.26. The molecule has 7 heavy (non-hydrogen) atoms. The number of hydrogen-bond donors (Lipinski definition) is 2. The van der Waals surface area contributed by atoms with E-state index in [-0.39, 0.29) is 11.4 Å². The fourth-order valence-corrected chi connectivity index (χ4v) is 0.618. The van der Waals surface area contributed by atoms with Crippen LogP contribution in [0, 0.1) is 11.7 Å². The van der Waals surface area contributed by atoms with E-state index < -0.39 is 6.80 Å². The van der Waals surface area contributed by atoms with Crippen molar-refractivity contribution in [2.75, 3.05) is 0 Å². The first-order valence-corrected chi connectivity index (χ1v) is 4.29. The first-order chi connectivity index (χ1) is 3.06. The quantitative estimate of drug-likeness (QED) is 0.406. The molecule has 0 aliphatic heterocycles. The van der Waals surface area contributed by atoms with E-state index in [0.29, 0.717) is 0 Å². The lowest BCUT2D eigenvalue weighted by Gasteiger charge is -1.90. The van der Waals surface area contributed by atoms with Crippen molar-refractivity contribution in [3.63, 3.8) is 0 Å². The molecule has 0 amide bonds. The van der Waals surface area contributed by atoms with Crippen LogP contribution < -0.4 is 0 Å². The Morgan fingerprint density at radius 1 is 1.71 bits per heavy atom. The molecule has 0 aromatic rings. The van der Waals surface area contributed by atoms with Gasteiger partial charge in [0.2, 0.25) is 0 Å². The molecule has 5 heteroatoms. The van der Waals surface area contributed by atoms with Gasteiger partial charge in [-0.3, -0.25) is 0 Å². The van der Waals surface area contributed by atoms with Crippen molar-refractivity contribution in [3.8, 4) is 11.7 Å². The Kier molecular flexibility index (Phi) is 2.41. The molecule has 0 aliphatic rings. The third-order valence-electron chi connectivity index (χ3n) is 0.172. The lowest BCUT2D eigenvalue weighted by Crippen LogP contribution is -1.62. The number of terminal acetylenes is 1. The number of rotatable bonds is 1. The average Bonchev–Trinajstić information content (AvgIpc) is 1.30. The normalized spacial score (nSPS) is 10.4. The van der Waals surface area contributed by atoms with E-state index in [9.17, 15) is 4.57 Å². The highest BCUT2D eigenvalue weighted by molar-refractivity contribution is 8.57. The minimum atomic E-state index is -3.99. The van der Waals surface area contributed by atoms with Gasteiger partial charge in [-0.05, 0) is 5.25 Å². The van der Waals surface area contributed by atoms with Crippen LogP contribution >= 0.6 is 18.2 Å². The Bertz CT molecular complexity index is 130. The van der Waals surface area contributed by atoms with Gasteiger partial charge in [-0.2, -0.15) is 0 Å². The molecular formula is C2H3O3PS. The summed E-state index contributed by atoms with van der Waals surface area (Å²) in [5, 5.41) is 1.76. The van der Waals surface area contributed by atoms with Gasteiger partial charge in [0.15, 0.2) is 0 Å². The first kappa shape index (κ1) is 7.06. The van der Waals surface area contributed by atoms with Crippen LogP contribution in [-0.2, 0) is 4.57 Å². The van der Waals surface area contributed by atoms with Gasteiger partial charge < -0.3 is 9.79 Å². The highest BCUT2D eigenvalue weighted by Gasteiger charge is 2.09. The Hall–Kier alpha value is 0.0600. The summed E-state index contributed by atoms with van der Waals surface area (Å²) in [6.45, 7) is -3.99. The number of hydrogen-bond acceptors (Lipinski definition) is 2. The van der Waals surface area contributed by atoms with Crippen molar-refractivity contribution in [3.05, 3.63) is 0 Å². The second kappa shape index (κ2) is 2.39. The van der Waals surface area contributed by atoms with E-state index in [4.69, 9.17) is 9.79 Å². The second-order valence-corrected chi connectivity index (χ2v) is 4.07. The highest BCUT2D eigenvalue weighted by atomic mass is 32.7. The van der Waals surface area contributed by atoms with Gasteiger partial charge in [-0.25, -0.2) is 4.57 Å². The van der Waals surface area contributed by atoms with Crippen molar-refractivity contribution >= 4 is 18.2 Å². The molecule has 0 radical (unpaired) electrons. The van der Waals surface area contributed by atoms with Gasteiger partial charge in [-0.1, -0.05) is 0 Å². The maximum absolute atomic E-state index is 9.75. The molecule has 0 rings (SSSR count).